The SMILES string of the molecule is CC(C)(C)[Si](OC[C@@H]1N=C(c2cccc(C3=N[C@@H](CO[Si](c4ccccc4)(c4ccccc4)C(C)(C)C)[C@H](c4ccccc4)O3)n2)O[C@H]1c1ccccc1)(c1ccccc1)c1ccccc1. The van der Waals surface area contributed by atoms with Crippen molar-refractivity contribution in [2.45, 2.75) is 75.9 Å². The number of ether oxygens (including phenoxy) is 2. The molecule has 7 aromatic rings. The van der Waals surface area contributed by atoms with E-state index in [1.807, 2.05) is 54.6 Å². The molecule has 66 heavy (non-hydrogen) atoms. The van der Waals surface area contributed by atoms with Crippen LogP contribution in [0.25, 0.3) is 0 Å². The predicted octanol–water partition coefficient (Wildman–Crippen LogP) is 10.0. The minimum Gasteiger partial charge on any atom is -0.466 e. The zero-order valence-electron chi connectivity index (χ0n) is 38.8. The number of pyridine rings is 1. The summed E-state index contributed by atoms with van der Waals surface area (Å²) in [5, 5.41) is 4.50. The number of nitrogens with zero attached hydrogens (tertiary/aromatic N) is 3. The van der Waals surface area contributed by atoms with E-state index in [0.29, 0.717) is 36.4 Å². The monoisotopic (exact) mass is 905 g/mol. The van der Waals surface area contributed by atoms with Crippen LogP contribution >= 0.6 is 0 Å². The lowest BCUT2D eigenvalue weighted by Crippen LogP contribution is -2.67. The van der Waals surface area contributed by atoms with Crippen molar-refractivity contribution < 1.29 is 18.3 Å². The molecule has 3 heterocycles. The molecule has 0 saturated carbocycles. The minimum atomic E-state index is -2.87. The lowest BCUT2D eigenvalue weighted by atomic mass is 10.0. The van der Waals surface area contributed by atoms with Crippen LogP contribution in [0.1, 0.15) is 76.3 Å². The van der Waals surface area contributed by atoms with Crippen LogP contribution in [0.4, 0.5) is 0 Å². The van der Waals surface area contributed by atoms with Gasteiger partial charge in [-0.25, -0.2) is 15.0 Å². The Balaban J connectivity index is 1.05. The second kappa shape index (κ2) is 18.9. The molecule has 2 aliphatic heterocycles. The van der Waals surface area contributed by atoms with Crippen LogP contribution in [0.3, 0.4) is 0 Å². The zero-order valence-corrected chi connectivity index (χ0v) is 40.8. The molecule has 334 valence electrons. The first kappa shape index (κ1) is 44.9. The van der Waals surface area contributed by atoms with Crippen LogP contribution in [0, 0.1) is 0 Å². The summed E-state index contributed by atoms with van der Waals surface area (Å²) in [6, 6.07) is 68.8. The zero-order chi connectivity index (χ0) is 45.8. The van der Waals surface area contributed by atoms with E-state index in [0.717, 1.165) is 11.1 Å². The fourth-order valence-corrected chi connectivity index (χ4v) is 19.0. The molecule has 2 aliphatic rings. The molecule has 0 N–H and O–H groups in total. The molecule has 0 aliphatic carbocycles. The first-order valence-corrected chi connectivity index (χ1v) is 26.9. The Morgan fingerprint density at radius 3 is 0.970 bits per heavy atom. The average molecular weight is 906 g/mol. The second-order valence-corrected chi connectivity index (χ2v) is 27.9. The Morgan fingerprint density at radius 1 is 0.394 bits per heavy atom. The summed E-state index contributed by atoms with van der Waals surface area (Å²) in [6.45, 7) is 14.5. The van der Waals surface area contributed by atoms with E-state index in [-0.39, 0.29) is 34.4 Å². The largest absolute Gasteiger partial charge is 0.466 e. The normalized spacial score (nSPS) is 18.8. The van der Waals surface area contributed by atoms with E-state index in [4.69, 9.17) is 33.3 Å². The van der Waals surface area contributed by atoms with Gasteiger partial charge in [0.2, 0.25) is 11.8 Å². The van der Waals surface area contributed by atoms with Crippen LogP contribution in [0.15, 0.2) is 210 Å². The Bertz CT molecular complexity index is 2480. The second-order valence-electron chi connectivity index (χ2n) is 19.3. The summed E-state index contributed by atoms with van der Waals surface area (Å²) in [4.78, 5) is 15.8. The van der Waals surface area contributed by atoms with Gasteiger partial charge in [0.1, 0.15) is 23.5 Å². The van der Waals surface area contributed by atoms with Gasteiger partial charge < -0.3 is 18.3 Å². The van der Waals surface area contributed by atoms with Crippen molar-refractivity contribution in [3.05, 3.63) is 223 Å². The fraction of sp³-hybridized carbons (Fsp3) is 0.246. The van der Waals surface area contributed by atoms with E-state index >= 15 is 0 Å². The molecule has 0 amide bonds. The summed E-state index contributed by atoms with van der Waals surface area (Å²) in [5.74, 6) is 0.929. The van der Waals surface area contributed by atoms with Crippen molar-refractivity contribution >= 4 is 49.2 Å². The quantitative estimate of drug-likeness (QED) is 0.102. The third kappa shape index (κ3) is 8.76. The molecule has 4 atom stereocenters. The highest BCUT2D eigenvalue weighted by molar-refractivity contribution is 7.00. The van der Waals surface area contributed by atoms with Gasteiger partial charge in [0.05, 0.1) is 13.2 Å². The van der Waals surface area contributed by atoms with Crippen LogP contribution < -0.4 is 20.7 Å². The molecule has 0 bridgehead atoms. The molecule has 0 fully saturated rings. The van der Waals surface area contributed by atoms with Crippen molar-refractivity contribution in [2.75, 3.05) is 13.2 Å². The van der Waals surface area contributed by atoms with Crippen molar-refractivity contribution in [1.29, 1.82) is 0 Å². The first-order valence-electron chi connectivity index (χ1n) is 23.0. The topological polar surface area (TPSA) is 74.5 Å². The van der Waals surface area contributed by atoms with Crippen LogP contribution in [-0.2, 0) is 18.3 Å². The van der Waals surface area contributed by atoms with E-state index in [9.17, 15) is 0 Å². The van der Waals surface area contributed by atoms with Crippen molar-refractivity contribution in [2.24, 2.45) is 9.98 Å². The van der Waals surface area contributed by atoms with Crippen LogP contribution in [0.5, 0.6) is 0 Å². The van der Waals surface area contributed by atoms with E-state index in [1.54, 1.807) is 0 Å². The standard InChI is InChI=1S/C57H59N3O4Si2/c1-56(2,3)65(44-30-17-9-18-31-44,45-32-19-10-20-33-45)61-40-50-52(42-26-13-7-14-27-42)63-54(59-50)48-38-25-39-49(58-48)55-60-51(53(64-55)43-28-15-8-16-29-43)41-62-66(57(4,5)6,46-34-21-11-22-35-46)47-36-23-12-24-37-47/h7-39,50-53H,40-41H2,1-6H3/t50-,51-,52-,53-/m0/s1. The van der Waals surface area contributed by atoms with E-state index in [2.05, 4.69) is 187 Å². The Morgan fingerprint density at radius 2 is 0.682 bits per heavy atom. The summed E-state index contributed by atoms with van der Waals surface area (Å²) in [5.41, 5.74) is 3.27. The Hall–Kier alpha value is -6.24. The maximum atomic E-state index is 7.46. The smallest absolute Gasteiger partial charge is 0.261 e. The Kier molecular flexibility index (Phi) is 12.9. The maximum absolute atomic E-state index is 7.46. The molecule has 0 saturated heterocycles. The maximum Gasteiger partial charge on any atom is 0.261 e. The predicted molar refractivity (Wildman–Crippen MR) is 273 cm³/mol. The first-order chi connectivity index (χ1) is 32.0. The Labute approximate surface area is 392 Å². The van der Waals surface area contributed by atoms with Crippen molar-refractivity contribution in [3.63, 3.8) is 0 Å². The summed E-state index contributed by atoms with van der Waals surface area (Å²) >= 11 is 0. The molecule has 0 unspecified atom stereocenters. The highest BCUT2D eigenvalue weighted by Gasteiger charge is 2.52. The molecule has 0 radical (unpaired) electrons. The summed E-state index contributed by atoms with van der Waals surface area (Å²) < 4.78 is 28.6. The van der Waals surface area contributed by atoms with Gasteiger partial charge in [0, 0.05) is 0 Å². The summed E-state index contributed by atoms with van der Waals surface area (Å²) in [7, 11) is -5.73. The average Bonchev–Trinajstić information content (AvgIpc) is 3.99. The highest BCUT2D eigenvalue weighted by Crippen LogP contribution is 2.41. The lowest BCUT2D eigenvalue weighted by Gasteiger charge is -2.43. The third-order valence-corrected chi connectivity index (χ3v) is 23.0. The molecular formula is C57H59N3O4Si2. The molecular weight excluding hydrogens is 847 g/mol. The lowest BCUT2D eigenvalue weighted by molar-refractivity contribution is 0.155. The molecule has 6 aromatic carbocycles. The fourth-order valence-electron chi connectivity index (χ4n) is 9.88. The van der Waals surface area contributed by atoms with E-state index < -0.39 is 16.6 Å². The molecule has 9 rings (SSSR count). The minimum absolute atomic E-state index is 0.193. The molecule has 9 heteroatoms. The van der Waals surface area contributed by atoms with Gasteiger partial charge >= 0.3 is 0 Å². The number of benzene rings is 6. The van der Waals surface area contributed by atoms with Crippen LogP contribution in [-0.4, -0.2) is 58.7 Å². The van der Waals surface area contributed by atoms with E-state index in [1.165, 1.54) is 20.7 Å². The molecule has 0 spiro atoms. The van der Waals surface area contributed by atoms with Crippen LogP contribution in [0.2, 0.25) is 10.1 Å². The van der Waals surface area contributed by atoms with Crippen molar-refractivity contribution in [3.8, 4) is 0 Å². The van der Waals surface area contributed by atoms with Gasteiger partial charge in [0.15, 0.2) is 12.2 Å². The van der Waals surface area contributed by atoms with Gasteiger partial charge in [-0.05, 0) is 54.1 Å². The number of aliphatic imine (C=N–C) groups is 2. The number of rotatable bonds is 14. The van der Waals surface area contributed by atoms with Gasteiger partial charge in [0.25, 0.3) is 16.6 Å². The summed E-state index contributed by atoms with van der Waals surface area (Å²) in [6.07, 6.45) is -0.758. The van der Waals surface area contributed by atoms with Crippen molar-refractivity contribution in [1.82, 2.24) is 4.98 Å². The number of hydrogen-bond acceptors (Lipinski definition) is 7. The molecule has 1 aromatic heterocycles. The van der Waals surface area contributed by atoms with Gasteiger partial charge in [-0.2, -0.15) is 0 Å². The molecule has 7 nitrogen and oxygen atoms in total. The number of hydrogen-bond donors (Lipinski definition) is 0. The number of aromatic nitrogens is 1. The van der Waals surface area contributed by atoms with Gasteiger partial charge in [-0.3, -0.25) is 0 Å². The van der Waals surface area contributed by atoms with Gasteiger partial charge in [-0.15, -0.1) is 0 Å². The third-order valence-electron chi connectivity index (χ3n) is 13.0. The van der Waals surface area contributed by atoms with Gasteiger partial charge in [-0.1, -0.05) is 230 Å². The highest BCUT2D eigenvalue weighted by atomic mass is 28.4.